The molecule has 16 heavy (non-hydrogen) atoms. The lowest BCUT2D eigenvalue weighted by Gasteiger charge is -2.38. The van der Waals surface area contributed by atoms with Crippen molar-refractivity contribution in [2.75, 3.05) is 11.9 Å². The van der Waals surface area contributed by atoms with Gasteiger partial charge in [-0.1, -0.05) is 15.9 Å². The topological polar surface area (TPSA) is 27.0 Å². The Kier molecular flexibility index (Phi) is 3.46. The fourth-order valence-corrected chi connectivity index (χ4v) is 3.58. The summed E-state index contributed by atoms with van der Waals surface area (Å²) in [6.07, 6.45) is 0.603. The molecule has 0 fully saturated rings. The van der Waals surface area contributed by atoms with Crippen LogP contribution >= 0.6 is 27.7 Å². The maximum atomic E-state index is 8.83. The Bertz CT molecular complexity index is 441. The molecular formula is C12H13BrN2S. The summed E-state index contributed by atoms with van der Waals surface area (Å²) in [5, 5.41) is 9.19. The minimum Gasteiger partial charge on any atom is -0.370 e. The number of thioether (sulfide) groups is 1. The highest BCUT2D eigenvalue weighted by atomic mass is 79.9. The average Bonchev–Trinajstić information content (AvgIpc) is 2.27. The van der Waals surface area contributed by atoms with Gasteiger partial charge in [0.1, 0.15) is 0 Å². The second-order valence-electron chi connectivity index (χ2n) is 3.98. The lowest BCUT2D eigenvalue weighted by Crippen LogP contribution is -2.40. The number of fused-ring (bicyclic) bond motifs is 1. The van der Waals surface area contributed by atoms with Crippen LogP contribution in [0.25, 0.3) is 0 Å². The van der Waals surface area contributed by atoms with Gasteiger partial charge in [0.25, 0.3) is 0 Å². The van der Waals surface area contributed by atoms with Crippen molar-refractivity contribution in [3.8, 4) is 6.07 Å². The number of benzene rings is 1. The third-order valence-corrected chi connectivity index (χ3v) is 4.98. The molecule has 1 aliphatic rings. The van der Waals surface area contributed by atoms with Crippen LogP contribution in [-0.4, -0.2) is 18.3 Å². The Balaban J connectivity index is 2.37. The number of anilines is 1. The van der Waals surface area contributed by atoms with E-state index in [-0.39, 0.29) is 0 Å². The monoisotopic (exact) mass is 296 g/mol. The van der Waals surface area contributed by atoms with Crippen molar-refractivity contribution in [2.24, 2.45) is 0 Å². The van der Waals surface area contributed by atoms with E-state index in [1.807, 2.05) is 11.8 Å². The molecule has 0 aromatic heterocycles. The number of hydrogen-bond donors (Lipinski definition) is 0. The zero-order valence-corrected chi connectivity index (χ0v) is 11.7. The van der Waals surface area contributed by atoms with Gasteiger partial charge >= 0.3 is 0 Å². The standard InChI is InChI=1S/C12H13BrN2S/c1-8-11(5-6-14)16-12-4-3-9(13)7-10(12)15(8)2/h3-4,7-8,11H,5H2,1-2H3. The van der Waals surface area contributed by atoms with Gasteiger partial charge in [-0.2, -0.15) is 5.26 Å². The lowest BCUT2D eigenvalue weighted by molar-refractivity contribution is 0.638. The Morgan fingerprint density at radius 2 is 2.31 bits per heavy atom. The van der Waals surface area contributed by atoms with E-state index < -0.39 is 0 Å². The Morgan fingerprint density at radius 3 is 3.00 bits per heavy atom. The van der Waals surface area contributed by atoms with Crippen molar-refractivity contribution in [3.63, 3.8) is 0 Å². The van der Waals surface area contributed by atoms with E-state index in [1.54, 1.807) is 0 Å². The summed E-state index contributed by atoms with van der Waals surface area (Å²) < 4.78 is 1.10. The third kappa shape index (κ3) is 2.07. The minimum absolute atomic E-state index is 0.365. The van der Waals surface area contributed by atoms with Gasteiger partial charge in [0.2, 0.25) is 0 Å². The molecular weight excluding hydrogens is 284 g/mol. The first-order chi connectivity index (χ1) is 7.63. The molecule has 2 nitrogen and oxygen atoms in total. The molecule has 0 bridgehead atoms. The molecule has 0 N–H and O–H groups in total. The quantitative estimate of drug-likeness (QED) is 0.791. The van der Waals surface area contributed by atoms with Crippen molar-refractivity contribution in [1.82, 2.24) is 0 Å². The molecule has 1 heterocycles. The summed E-state index contributed by atoms with van der Waals surface area (Å²) in [6, 6.07) is 8.99. The molecule has 84 valence electrons. The Morgan fingerprint density at radius 1 is 1.56 bits per heavy atom. The predicted molar refractivity (Wildman–Crippen MR) is 71.9 cm³/mol. The summed E-state index contributed by atoms with van der Waals surface area (Å²) in [4.78, 5) is 3.53. The number of nitriles is 1. The smallest absolute Gasteiger partial charge is 0.0634 e. The first-order valence-corrected chi connectivity index (χ1v) is 6.86. The van der Waals surface area contributed by atoms with E-state index in [4.69, 9.17) is 5.26 Å². The molecule has 1 aromatic rings. The van der Waals surface area contributed by atoms with Gasteiger partial charge < -0.3 is 4.90 Å². The summed E-state index contributed by atoms with van der Waals surface area (Å²) in [6.45, 7) is 2.18. The molecule has 0 radical (unpaired) electrons. The fraction of sp³-hybridized carbons (Fsp3) is 0.417. The molecule has 1 aliphatic heterocycles. The SMILES string of the molecule is CC1C(CC#N)Sc2ccc(Br)cc2N1C. The third-order valence-electron chi connectivity index (χ3n) is 3.02. The van der Waals surface area contributed by atoms with Crippen molar-refractivity contribution in [2.45, 2.75) is 29.5 Å². The second-order valence-corrected chi connectivity index (χ2v) is 6.18. The number of hydrogen-bond acceptors (Lipinski definition) is 3. The molecule has 2 atom stereocenters. The van der Waals surface area contributed by atoms with E-state index in [0.29, 0.717) is 17.7 Å². The molecule has 4 heteroatoms. The van der Waals surface area contributed by atoms with Crippen molar-refractivity contribution < 1.29 is 0 Å². The molecule has 1 aromatic carbocycles. The van der Waals surface area contributed by atoms with Crippen LogP contribution in [0.5, 0.6) is 0 Å². The van der Waals surface area contributed by atoms with Crippen LogP contribution in [0, 0.1) is 11.3 Å². The lowest BCUT2D eigenvalue weighted by atomic mass is 10.1. The van der Waals surface area contributed by atoms with E-state index in [0.717, 1.165) is 4.47 Å². The maximum absolute atomic E-state index is 8.83. The normalized spacial score (nSPS) is 23.8. The molecule has 2 rings (SSSR count). The van der Waals surface area contributed by atoms with E-state index in [9.17, 15) is 0 Å². The minimum atomic E-state index is 0.365. The van der Waals surface area contributed by atoms with E-state index >= 15 is 0 Å². The summed E-state index contributed by atoms with van der Waals surface area (Å²) in [5.41, 5.74) is 1.25. The Labute approximate surface area is 109 Å². The van der Waals surface area contributed by atoms with Gasteiger partial charge in [0.15, 0.2) is 0 Å². The zero-order chi connectivity index (χ0) is 11.7. The highest BCUT2D eigenvalue weighted by molar-refractivity contribution is 9.10. The van der Waals surface area contributed by atoms with E-state index in [2.05, 4.69) is 59.1 Å². The van der Waals surface area contributed by atoms with Gasteiger partial charge in [0, 0.05) is 34.1 Å². The molecule has 0 aliphatic carbocycles. The van der Waals surface area contributed by atoms with E-state index in [1.165, 1.54) is 10.6 Å². The van der Waals surface area contributed by atoms with Crippen molar-refractivity contribution >= 4 is 33.4 Å². The average molecular weight is 297 g/mol. The largest absolute Gasteiger partial charge is 0.370 e. The van der Waals surface area contributed by atoms with Gasteiger partial charge in [-0.3, -0.25) is 0 Å². The number of nitrogens with zero attached hydrogens (tertiary/aromatic N) is 2. The maximum Gasteiger partial charge on any atom is 0.0634 e. The van der Waals surface area contributed by atoms with Gasteiger partial charge in [0.05, 0.1) is 11.8 Å². The van der Waals surface area contributed by atoms with Gasteiger partial charge in [-0.15, -0.1) is 11.8 Å². The molecule has 0 spiro atoms. The number of rotatable bonds is 1. The summed E-state index contributed by atoms with van der Waals surface area (Å²) in [5.74, 6) is 0. The van der Waals surface area contributed by atoms with Crippen LogP contribution in [0.3, 0.4) is 0 Å². The predicted octanol–water partition coefficient (Wildman–Crippen LogP) is 3.66. The van der Waals surface area contributed by atoms with Crippen LogP contribution in [0.15, 0.2) is 27.6 Å². The summed E-state index contributed by atoms with van der Waals surface area (Å²) >= 11 is 5.31. The van der Waals surface area contributed by atoms with Crippen LogP contribution in [-0.2, 0) is 0 Å². The molecule has 0 amide bonds. The molecule has 0 saturated heterocycles. The molecule has 0 saturated carbocycles. The highest BCUT2D eigenvalue weighted by Gasteiger charge is 2.29. The van der Waals surface area contributed by atoms with Crippen molar-refractivity contribution in [3.05, 3.63) is 22.7 Å². The zero-order valence-electron chi connectivity index (χ0n) is 9.27. The van der Waals surface area contributed by atoms with Gasteiger partial charge in [-0.25, -0.2) is 0 Å². The van der Waals surface area contributed by atoms with Crippen molar-refractivity contribution in [1.29, 1.82) is 5.26 Å². The van der Waals surface area contributed by atoms with Crippen LogP contribution in [0.1, 0.15) is 13.3 Å². The first-order valence-electron chi connectivity index (χ1n) is 5.19. The van der Waals surface area contributed by atoms with Crippen LogP contribution in [0.2, 0.25) is 0 Å². The van der Waals surface area contributed by atoms with Crippen LogP contribution in [0.4, 0.5) is 5.69 Å². The Hall–Kier alpha value is -0.660. The number of halogens is 1. The first kappa shape index (κ1) is 11.8. The van der Waals surface area contributed by atoms with Crippen LogP contribution < -0.4 is 4.90 Å². The second kappa shape index (κ2) is 4.68. The van der Waals surface area contributed by atoms with Gasteiger partial charge in [-0.05, 0) is 25.1 Å². The fourth-order valence-electron chi connectivity index (χ4n) is 1.90. The summed E-state index contributed by atoms with van der Waals surface area (Å²) in [7, 11) is 2.10. The highest BCUT2D eigenvalue weighted by Crippen LogP contribution is 2.42. The molecule has 2 unspecified atom stereocenters.